The maximum absolute atomic E-state index is 12.5. The largest absolute Gasteiger partial charge is 0.433 e. The molecule has 2 aromatic heterocycles. The lowest BCUT2D eigenvalue weighted by Crippen LogP contribution is -2.34. The first kappa shape index (κ1) is 15.9. The van der Waals surface area contributed by atoms with Gasteiger partial charge in [0.05, 0.1) is 0 Å². The molecule has 122 valence electrons. The number of nitrogens with zero attached hydrogens (tertiary/aromatic N) is 2. The topological polar surface area (TPSA) is 64.8 Å². The highest BCUT2D eigenvalue weighted by atomic mass is 32.1. The summed E-state index contributed by atoms with van der Waals surface area (Å²) in [6, 6.07) is 2.40. The van der Waals surface area contributed by atoms with Crippen LogP contribution in [0, 0.1) is 4.77 Å². The van der Waals surface area contributed by atoms with Crippen molar-refractivity contribution in [3.05, 3.63) is 56.0 Å². The molecule has 23 heavy (non-hydrogen) atoms. The number of rotatable bonds is 2. The Balaban J connectivity index is 1.75. The predicted molar refractivity (Wildman–Crippen MR) is 79.3 cm³/mol. The molecule has 0 spiro atoms. The number of H-pyrrole nitrogens is 2. The number of aromatic amines is 2. The maximum atomic E-state index is 12.5. The van der Waals surface area contributed by atoms with Crippen molar-refractivity contribution < 1.29 is 13.2 Å². The number of halogens is 3. The van der Waals surface area contributed by atoms with Gasteiger partial charge >= 0.3 is 6.18 Å². The van der Waals surface area contributed by atoms with Gasteiger partial charge in [-0.05, 0) is 30.3 Å². The lowest BCUT2D eigenvalue weighted by molar-refractivity contribution is -0.141. The van der Waals surface area contributed by atoms with Crippen molar-refractivity contribution in [2.45, 2.75) is 25.7 Å². The molecule has 0 aliphatic carbocycles. The summed E-state index contributed by atoms with van der Waals surface area (Å²) in [6.45, 7) is 1.59. The highest BCUT2D eigenvalue weighted by Crippen LogP contribution is 2.27. The van der Waals surface area contributed by atoms with E-state index in [2.05, 4.69) is 15.0 Å². The number of nitrogens with one attached hydrogen (secondary N) is 2. The van der Waals surface area contributed by atoms with Gasteiger partial charge in [-0.1, -0.05) is 6.07 Å². The first-order valence-corrected chi connectivity index (χ1v) is 7.32. The summed E-state index contributed by atoms with van der Waals surface area (Å²) < 4.78 is 37.8. The van der Waals surface area contributed by atoms with E-state index in [0.717, 1.165) is 11.8 Å². The average molecular weight is 342 g/mol. The molecule has 9 heteroatoms. The first-order valence-electron chi connectivity index (χ1n) is 6.92. The molecule has 0 saturated heterocycles. The maximum Gasteiger partial charge on any atom is 0.433 e. The second kappa shape index (κ2) is 5.89. The molecule has 0 bridgehead atoms. The van der Waals surface area contributed by atoms with Gasteiger partial charge in [0.25, 0.3) is 5.56 Å². The van der Waals surface area contributed by atoms with E-state index in [1.807, 2.05) is 4.90 Å². The van der Waals surface area contributed by atoms with E-state index in [0.29, 0.717) is 37.2 Å². The van der Waals surface area contributed by atoms with Gasteiger partial charge in [0, 0.05) is 37.1 Å². The van der Waals surface area contributed by atoms with Crippen molar-refractivity contribution in [2.75, 3.05) is 6.54 Å². The molecular weight excluding hydrogens is 329 g/mol. The third-order valence-corrected chi connectivity index (χ3v) is 3.92. The van der Waals surface area contributed by atoms with Crippen LogP contribution >= 0.6 is 12.2 Å². The number of aromatic nitrogens is 3. The molecule has 2 N–H and O–H groups in total. The lowest BCUT2D eigenvalue weighted by Gasteiger charge is -2.27. The summed E-state index contributed by atoms with van der Waals surface area (Å²) in [5, 5.41) is 0. The number of fused-ring (bicyclic) bond motifs is 1. The Morgan fingerprint density at radius 2 is 2.09 bits per heavy atom. The van der Waals surface area contributed by atoms with Crippen molar-refractivity contribution >= 4 is 12.2 Å². The molecule has 0 atom stereocenters. The van der Waals surface area contributed by atoms with Gasteiger partial charge < -0.3 is 4.98 Å². The Bertz CT molecular complexity index is 826. The van der Waals surface area contributed by atoms with Crippen molar-refractivity contribution in [2.24, 2.45) is 0 Å². The van der Waals surface area contributed by atoms with Crippen LogP contribution in [0.4, 0.5) is 13.2 Å². The standard InChI is InChI=1S/C14H13F3N4OS/c15-14(16,17)11-2-1-8(5-18-11)6-21-4-3-9-10(7-21)19-13(23)20-12(9)22/h1-2,5H,3-4,6-7H2,(H2,19,20,22,23). The minimum Gasteiger partial charge on any atom is -0.334 e. The van der Waals surface area contributed by atoms with Crippen molar-refractivity contribution in [1.82, 2.24) is 19.9 Å². The molecule has 2 aromatic rings. The molecule has 3 heterocycles. The minimum atomic E-state index is -4.43. The summed E-state index contributed by atoms with van der Waals surface area (Å²) in [6.07, 6.45) is -2.64. The Hall–Kier alpha value is -2.00. The van der Waals surface area contributed by atoms with Gasteiger partial charge in [-0.2, -0.15) is 13.2 Å². The zero-order chi connectivity index (χ0) is 16.6. The van der Waals surface area contributed by atoms with Crippen LogP contribution < -0.4 is 5.56 Å². The molecule has 0 saturated carbocycles. The fourth-order valence-electron chi connectivity index (χ4n) is 2.61. The molecule has 0 fully saturated rings. The summed E-state index contributed by atoms with van der Waals surface area (Å²) in [7, 11) is 0. The highest BCUT2D eigenvalue weighted by Gasteiger charge is 2.32. The van der Waals surface area contributed by atoms with Crippen molar-refractivity contribution in [3.63, 3.8) is 0 Å². The van der Waals surface area contributed by atoms with Crippen LogP contribution in [0.25, 0.3) is 0 Å². The predicted octanol–water partition coefficient (Wildman–Crippen LogP) is 2.40. The van der Waals surface area contributed by atoms with Gasteiger partial charge in [-0.3, -0.25) is 19.7 Å². The minimum absolute atomic E-state index is 0.181. The second-order valence-corrected chi connectivity index (χ2v) is 5.78. The monoisotopic (exact) mass is 342 g/mol. The van der Waals surface area contributed by atoms with Crippen LogP contribution in [0.3, 0.4) is 0 Å². The van der Waals surface area contributed by atoms with Crippen molar-refractivity contribution in [1.29, 1.82) is 0 Å². The normalized spacial score (nSPS) is 15.4. The summed E-state index contributed by atoms with van der Waals surface area (Å²) >= 11 is 4.96. The molecule has 0 aromatic carbocycles. The Labute approximate surface area is 134 Å². The second-order valence-electron chi connectivity index (χ2n) is 5.38. The van der Waals surface area contributed by atoms with E-state index in [1.165, 1.54) is 12.3 Å². The number of alkyl halides is 3. The van der Waals surface area contributed by atoms with Crippen LogP contribution in [-0.2, 0) is 25.7 Å². The van der Waals surface area contributed by atoms with Crippen LogP contribution in [0.1, 0.15) is 22.5 Å². The number of hydrogen-bond acceptors (Lipinski definition) is 4. The van der Waals surface area contributed by atoms with Crippen LogP contribution in [0.5, 0.6) is 0 Å². The Kier molecular flexibility index (Phi) is 4.07. The van der Waals surface area contributed by atoms with Crippen LogP contribution in [0.15, 0.2) is 23.1 Å². The SMILES string of the molecule is O=c1[nH]c(=S)[nH]c2c1CCN(Cc1ccc(C(F)(F)F)nc1)C2. The van der Waals surface area contributed by atoms with Crippen LogP contribution in [0.2, 0.25) is 0 Å². The fraction of sp³-hybridized carbons (Fsp3) is 0.357. The van der Waals surface area contributed by atoms with Crippen molar-refractivity contribution in [3.8, 4) is 0 Å². The molecule has 1 aliphatic rings. The van der Waals surface area contributed by atoms with Gasteiger partial charge in [0.1, 0.15) is 5.69 Å². The summed E-state index contributed by atoms with van der Waals surface area (Å²) in [5.74, 6) is 0. The molecular formula is C14H13F3N4OS. The number of hydrogen-bond donors (Lipinski definition) is 2. The van der Waals surface area contributed by atoms with E-state index >= 15 is 0 Å². The van der Waals surface area contributed by atoms with Gasteiger partial charge in [-0.25, -0.2) is 0 Å². The van der Waals surface area contributed by atoms with E-state index in [-0.39, 0.29) is 10.3 Å². The lowest BCUT2D eigenvalue weighted by atomic mass is 10.1. The smallest absolute Gasteiger partial charge is 0.334 e. The zero-order valence-corrected chi connectivity index (χ0v) is 12.7. The third-order valence-electron chi connectivity index (χ3n) is 3.71. The zero-order valence-electron chi connectivity index (χ0n) is 11.9. The van der Waals surface area contributed by atoms with E-state index in [4.69, 9.17) is 12.2 Å². The van der Waals surface area contributed by atoms with Crippen LogP contribution in [-0.4, -0.2) is 26.4 Å². The molecule has 1 aliphatic heterocycles. The molecule has 3 rings (SSSR count). The average Bonchev–Trinajstić information content (AvgIpc) is 2.46. The summed E-state index contributed by atoms with van der Waals surface area (Å²) in [4.78, 5) is 22.8. The number of pyridine rings is 1. The summed E-state index contributed by atoms with van der Waals surface area (Å²) in [5.41, 5.74) is 1.04. The van der Waals surface area contributed by atoms with Gasteiger partial charge in [0.2, 0.25) is 0 Å². The Morgan fingerprint density at radius 1 is 1.30 bits per heavy atom. The Morgan fingerprint density at radius 3 is 2.74 bits per heavy atom. The fourth-order valence-corrected chi connectivity index (χ4v) is 2.83. The molecule has 0 radical (unpaired) electrons. The first-order chi connectivity index (χ1) is 10.8. The highest BCUT2D eigenvalue weighted by molar-refractivity contribution is 7.71. The molecule has 0 amide bonds. The third kappa shape index (κ3) is 3.50. The molecule has 5 nitrogen and oxygen atoms in total. The molecule has 0 unspecified atom stereocenters. The van der Waals surface area contributed by atoms with E-state index in [1.54, 1.807) is 0 Å². The van der Waals surface area contributed by atoms with E-state index < -0.39 is 11.9 Å². The van der Waals surface area contributed by atoms with Gasteiger partial charge in [-0.15, -0.1) is 0 Å². The van der Waals surface area contributed by atoms with Gasteiger partial charge in [0.15, 0.2) is 4.77 Å². The van der Waals surface area contributed by atoms with E-state index in [9.17, 15) is 18.0 Å². The quantitative estimate of drug-likeness (QED) is 0.823.